The molecule has 154 valence electrons. The molecule has 3 aromatic rings. The van der Waals surface area contributed by atoms with Gasteiger partial charge >= 0.3 is 11.9 Å². The van der Waals surface area contributed by atoms with E-state index < -0.39 is 17.8 Å². The Hall–Kier alpha value is -3.36. The summed E-state index contributed by atoms with van der Waals surface area (Å²) in [6.07, 6.45) is 0. The molecule has 30 heavy (non-hydrogen) atoms. The van der Waals surface area contributed by atoms with Crippen molar-refractivity contribution >= 4 is 46.9 Å². The highest BCUT2D eigenvalue weighted by atomic mass is 35.5. The molecule has 1 amide bonds. The van der Waals surface area contributed by atoms with E-state index in [1.165, 1.54) is 19.2 Å². The highest BCUT2D eigenvalue weighted by Crippen LogP contribution is 2.38. The minimum Gasteiger partial charge on any atom is -0.465 e. The Kier molecular flexibility index (Phi) is 6.39. The van der Waals surface area contributed by atoms with Gasteiger partial charge in [-0.1, -0.05) is 46.6 Å². The Labute approximate surface area is 180 Å². The summed E-state index contributed by atoms with van der Waals surface area (Å²) < 4.78 is 14.7. The van der Waals surface area contributed by atoms with Crippen LogP contribution in [-0.4, -0.2) is 37.2 Å². The topological polar surface area (TPSA) is 108 Å². The van der Waals surface area contributed by atoms with Crippen LogP contribution in [0.25, 0.3) is 11.3 Å². The highest BCUT2D eigenvalue weighted by Gasteiger charge is 2.29. The molecule has 3 rings (SSSR count). The number of ether oxygens (including phenoxy) is 2. The van der Waals surface area contributed by atoms with Gasteiger partial charge < -0.3 is 14.0 Å². The van der Waals surface area contributed by atoms with Gasteiger partial charge in [-0.05, 0) is 24.3 Å². The summed E-state index contributed by atoms with van der Waals surface area (Å²) in [6, 6.07) is 10.7. The molecule has 0 unspecified atom stereocenters. The number of hydrogen-bond donors (Lipinski definition) is 1. The van der Waals surface area contributed by atoms with E-state index in [1.807, 2.05) is 0 Å². The van der Waals surface area contributed by atoms with Crippen LogP contribution in [0.2, 0.25) is 10.0 Å². The summed E-state index contributed by atoms with van der Waals surface area (Å²) in [5.41, 5.74) is 0.0887. The van der Waals surface area contributed by atoms with E-state index >= 15 is 0 Å². The van der Waals surface area contributed by atoms with Crippen LogP contribution in [0, 0.1) is 0 Å². The molecule has 0 spiro atoms. The average molecular weight is 449 g/mol. The Morgan fingerprint density at radius 2 is 1.50 bits per heavy atom. The zero-order valence-electron chi connectivity index (χ0n) is 15.7. The quantitative estimate of drug-likeness (QED) is 0.573. The van der Waals surface area contributed by atoms with E-state index in [-0.39, 0.29) is 43.9 Å². The van der Waals surface area contributed by atoms with Crippen molar-refractivity contribution in [2.45, 2.75) is 0 Å². The molecular weight excluding hydrogens is 435 g/mol. The second kappa shape index (κ2) is 8.98. The number of nitrogens with zero attached hydrogens (tertiary/aromatic N) is 1. The first-order valence-corrected chi connectivity index (χ1v) is 9.15. The van der Waals surface area contributed by atoms with E-state index in [4.69, 9.17) is 32.5 Å². The molecule has 0 radical (unpaired) electrons. The van der Waals surface area contributed by atoms with Crippen LogP contribution in [0.4, 0.5) is 5.88 Å². The Balaban J connectivity index is 2.07. The summed E-state index contributed by atoms with van der Waals surface area (Å²) in [4.78, 5) is 37.1. The molecule has 0 fully saturated rings. The van der Waals surface area contributed by atoms with Crippen LogP contribution in [0.1, 0.15) is 31.1 Å². The number of aromatic nitrogens is 1. The molecule has 8 nitrogen and oxygen atoms in total. The summed E-state index contributed by atoms with van der Waals surface area (Å²) in [5, 5.41) is 6.71. The third kappa shape index (κ3) is 4.00. The summed E-state index contributed by atoms with van der Waals surface area (Å²) in [6.45, 7) is 0. The Bertz CT molecular complexity index is 1120. The van der Waals surface area contributed by atoms with Gasteiger partial charge in [0.2, 0.25) is 5.88 Å². The first kappa shape index (κ1) is 21.4. The fraction of sp³-hybridized carbons (Fsp3) is 0.100. The second-order valence-corrected chi connectivity index (χ2v) is 6.63. The Morgan fingerprint density at radius 3 is 2.10 bits per heavy atom. The zero-order chi connectivity index (χ0) is 21.8. The number of carbonyl (C=O) groups is 3. The van der Waals surface area contributed by atoms with E-state index in [9.17, 15) is 14.4 Å². The molecule has 0 atom stereocenters. The lowest BCUT2D eigenvalue weighted by molar-refractivity contribution is 0.0590. The molecular formula is C20H14Cl2N2O6. The molecule has 0 aliphatic heterocycles. The number of amides is 1. The number of esters is 2. The number of nitrogens with one attached hydrogen (secondary N) is 1. The largest absolute Gasteiger partial charge is 0.465 e. The SMILES string of the molecule is COC(=O)c1ccccc1C(=O)Nc1onc(-c2c(Cl)cccc2Cl)c1C(=O)OC. The minimum atomic E-state index is -0.834. The van der Waals surface area contributed by atoms with Crippen LogP contribution >= 0.6 is 23.2 Å². The van der Waals surface area contributed by atoms with E-state index in [1.54, 1.807) is 30.3 Å². The maximum atomic E-state index is 12.8. The van der Waals surface area contributed by atoms with Gasteiger partial charge in [0, 0.05) is 5.56 Å². The number of methoxy groups -OCH3 is 2. The third-order valence-corrected chi connectivity index (χ3v) is 4.72. The number of benzene rings is 2. The van der Waals surface area contributed by atoms with Gasteiger partial charge in [0.1, 0.15) is 5.69 Å². The van der Waals surface area contributed by atoms with Crippen molar-refractivity contribution in [3.8, 4) is 11.3 Å². The number of carbonyl (C=O) groups excluding carboxylic acids is 3. The molecule has 0 saturated heterocycles. The number of rotatable bonds is 5. The van der Waals surface area contributed by atoms with Crippen molar-refractivity contribution in [3.05, 3.63) is 69.2 Å². The van der Waals surface area contributed by atoms with Gasteiger partial charge in [-0.2, -0.15) is 0 Å². The molecule has 0 bridgehead atoms. The fourth-order valence-electron chi connectivity index (χ4n) is 2.70. The third-order valence-electron chi connectivity index (χ3n) is 4.09. The molecule has 10 heteroatoms. The van der Waals surface area contributed by atoms with Gasteiger partial charge in [0.15, 0.2) is 5.56 Å². The lowest BCUT2D eigenvalue weighted by atomic mass is 10.1. The predicted molar refractivity (Wildman–Crippen MR) is 109 cm³/mol. The van der Waals surface area contributed by atoms with Gasteiger partial charge in [-0.3, -0.25) is 10.1 Å². The van der Waals surface area contributed by atoms with Crippen LogP contribution in [0.5, 0.6) is 0 Å². The second-order valence-electron chi connectivity index (χ2n) is 5.81. The standard InChI is InChI=1S/C20H14Cl2N2O6/c1-28-19(26)11-7-4-3-6-10(11)17(25)23-18-15(20(27)29-2)16(24-30-18)14-12(21)8-5-9-13(14)22/h3-9H,1-2H3,(H,23,25). The lowest BCUT2D eigenvalue weighted by Crippen LogP contribution is -2.18. The summed E-state index contributed by atoms with van der Waals surface area (Å²) in [7, 11) is 2.36. The van der Waals surface area contributed by atoms with E-state index in [0.717, 1.165) is 7.11 Å². The maximum Gasteiger partial charge on any atom is 0.345 e. The molecule has 0 aliphatic rings. The number of anilines is 1. The van der Waals surface area contributed by atoms with Crippen molar-refractivity contribution in [1.29, 1.82) is 0 Å². The molecule has 1 N–H and O–H groups in total. The highest BCUT2D eigenvalue weighted by molar-refractivity contribution is 6.39. The van der Waals surface area contributed by atoms with E-state index in [0.29, 0.717) is 0 Å². The van der Waals surface area contributed by atoms with Crippen molar-refractivity contribution in [2.75, 3.05) is 19.5 Å². The first-order chi connectivity index (χ1) is 14.4. The average Bonchev–Trinajstić information content (AvgIpc) is 3.15. The van der Waals surface area contributed by atoms with Crippen molar-refractivity contribution in [1.82, 2.24) is 5.16 Å². The van der Waals surface area contributed by atoms with Crippen molar-refractivity contribution in [2.24, 2.45) is 0 Å². The summed E-state index contributed by atoms with van der Waals surface area (Å²) in [5.74, 6) is -2.56. The van der Waals surface area contributed by atoms with Crippen LogP contribution in [0.3, 0.4) is 0 Å². The monoisotopic (exact) mass is 448 g/mol. The van der Waals surface area contributed by atoms with Crippen molar-refractivity contribution < 1.29 is 28.4 Å². The maximum absolute atomic E-state index is 12.8. The first-order valence-electron chi connectivity index (χ1n) is 8.40. The van der Waals surface area contributed by atoms with Gasteiger partial charge in [-0.15, -0.1) is 0 Å². The molecule has 2 aromatic carbocycles. The molecule has 1 heterocycles. The van der Waals surface area contributed by atoms with Crippen molar-refractivity contribution in [3.63, 3.8) is 0 Å². The Morgan fingerprint density at radius 1 is 0.900 bits per heavy atom. The zero-order valence-corrected chi connectivity index (χ0v) is 17.2. The fourth-order valence-corrected chi connectivity index (χ4v) is 3.28. The lowest BCUT2D eigenvalue weighted by Gasteiger charge is -2.08. The smallest absolute Gasteiger partial charge is 0.345 e. The van der Waals surface area contributed by atoms with Crippen LogP contribution in [-0.2, 0) is 9.47 Å². The van der Waals surface area contributed by atoms with Gasteiger partial charge in [0.05, 0.1) is 35.4 Å². The van der Waals surface area contributed by atoms with Crippen LogP contribution in [0.15, 0.2) is 47.0 Å². The number of hydrogen-bond acceptors (Lipinski definition) is 7. The minimum absolute atomic E-state index is 0.00555. The van der Waals surface area contributed by atoms with Gasteiger partial charge in [0.25, 0.3) is 5.91 Å². The van der Waals surface area contributed by atoms with Crippen LogP contribution < -0.4 is 5.32 Å². The van der Waals surface area contributed by atoms with E-state index in [2.05, 4.69) is 15.2 Å². The molecule has 0 aliphatic carbocycles. The number of halogens is 2. The molecule has 1 aromatic heterocycles. The summed E-state index contributed by atoms with van der Waals surface area (Å²) >= 11 is 12.4. The predicted octanol–water partition coefficient (Wildman–Crippen LogP) is 4.47. The van der Waals surface area contributed by atoms with Gasteiger partial charge in [-0.25, -0.2) is 9.59 Å². The normalized spacial score (nSPS) is 10.4. The molecule has 0 saturated carbocycles.